The lowest BCUT2D eigenvalue weighted by molar-refractivity contribution is 0.399. The van der Waals surface area contributed by atoms with Gasteiger partial charge in [-0.3, -0.25) is 0 Å². The molecule has 0 spiro atoms. The highest BCUT2D eigenvalue weighted by Crippen LogP contribution is 2.27. The lowest BCUT2D eigenvalue weighted by atomic mass is 10.0. The molecule has 1 unspecified atom stereocenters. The first-order chi connectivity index (χ1) is 7.86. The number of hydrogen-bond acceptors (Lipinski definition) is 1. The molecule has 16 heavy (non-hydrogen) atoms. The van der Waals surface area contributed by atoms with Gasteiger partial charge in [0.2, 0.25) is 0 Å². The van der Waals surface area contributed by atoms with E-state index in [1.807, 2.05) is 0 Å². The van der Waals surface area contributed by atoms with Gasteiger partial charge in [0.05, 0.1) is 0 Å². The van der Waals surface area contributed by atoms with Gasteiger partial charge < -0.3 is 9.88 Å². The standard InChI is InChI=1S/C14H18N2/c1-16-13-8-3-2-6-11(13)10-14(16)12-7-4-5-9-15-12/h2-3,6,8,10,12,15H,4-5,7,9H2,1H3. The van der Waals surface area contributed by atoms with Crippen LogP contribution in [0.3, 0.4) is 0 Å². The SMILES string of the molecule is Cn1c(C2CCCCN2)cc2ccccc21. The fourth-order valence-electron chi connectivity index (χ4n) is 2.75. The van der Waals surface area contributed by atoms with E-state index in [-0.39, 0.29) is 0 Å². The summed E-state index contributed by atoms with van der Waals surface area (Å²) in [6.45, 7) is 1.16. The van der Waals surface area contributed by atoms with E-state index in [9.17, 15) is 0 Å². The van der Waals surface area contributed by atoms with Crippen molar-refractivity contribution >= 4 is 10.9 Å². The van der Waals surface area contributed by atoms with Crippen LogP contribution in [0.2, 0.25) is 0 Å². The fraction of sp³-hybridized carbons (Fsp3) is 0.429. The summed E-state index contributed by atoms with van der Waals surface area (Å²) in [6.07, 6.45) is 3.93. The average molecular weight is 214 g/mol. The van der Waals surface area contributed by atoms with Crippen LogP contribution in [0.1, 0.15) is 31.0 Å². The van der Waals surface area contributed by atoms with Crippen LogP contribution in [0, 0.1) is 0 Å². The van der Waals surface area contributed by atoms with Gasteiger partial charge in [-0.25, -0.2) is 0 Å². The van der Waals surface area contributed by atoms with E-state index in [0.29, 0.717) is 6.04 Å². The first kappa shape index (κ1) is 9.91. The van der Waals surface area contributed by atoms with E-state index in [0.717, 1.165) is 6.54 Å². The zero-order chi connectivity index (χ0) is 11.0. The summed E-state index contributed by atoms with van der Waals surface area (Å²) in [7, 11) is 2.17. The zero-order valence-corrected chi connectivity index (χ0v) is 9.74. The monoisotopic (exact) mass is 214 g/mol. The number of hydrogen-bond donors (Lipinski definition) is 1. The van der Waals surface area contributed by atoms with Gasteiger partial charge in [-0.05, 0) is 36.9 Å². The number of aryl methyl sites for hydroxylation is 1. The number of aromatic nitrogens is 1. The number of fused-ring (bicyclic) bond motifs is 1. The molecule has 0 aliphatic carbocycles. The molecule has 2 nitrogen and oxygen atoms in total. The van der Waals surface area contributed by atoms with Gasteiger partial charge in [-0.1, -0.05) is 24.6 Å². The molecule has 1 aromatic heterocycles. The van der Waals surface area contributed by atoms with Crippen LogP contribution < -0.4 is 5.32 Å². The molecule has 1 fully saturated rings. The average Bonchev–Trinajstić information content (AvgIpc) is 2.69. The Hall–Kier alpha value is -1.28. The summed E-state index contributed by atoms with van der Waals surface area (Å²) >= 11 is 0. The Labute approximate surface area is 96.3 Å². The Morgan fingerprint density at radius 3 is 2.88 bits per heavy atom. The normalized spacial score (nSPS) is 21.4. The molecule has 1 aliphatic rings. The highest BCUT2D eigenvalue weighted by atomic mass is 15.0. The third-order valence-electron chi connectivity index (χ3n) is 3.66. The van der Waals surface area contributed by atoms with Crippen molar-refractivity contribution in [2.45, 2.75) is 25.3 Å². The van der Waals surface area contributed by atoms with Crippen LogP contribution in [-0.4, -0.2) is 11.1 Å². The molecule has 0 amide bonds. The predicted octanol–water partition coefficient (Wildman–Crippen LogP) is 2.99. The van der Waals surface area contributed by atoms with Crippen molar-refractivity contribution in [2.24, 2.45) is 7.05 Å². The van der Waals surface area contributed by atoms with Gasteiger partial charge in [-0.2, -0.15) is 0 Å². The maximum absolute atomic E-state index is 3.62. The molecule has 1 aliphatic heterocycles. The quantitative estimate of drug-likeness (QED) is 0.772. The maximum Gasteiger partial charge on any atom is 0.0480 e. The maximum atomic E-state index is 3.62. The van der Waals surface area contributed by atoms with E-state index in [1.165, 1.54) is 35.9 Å². The van der Waals surface area contributed by atoms with Crippen LogP contribution in [-0.2, 0) is 7.05 Å². The summed E-state index contributed by atoms with van der Waals surface area (Å²) in [5, 5.41) is 4.97. The second kappa shape index (κ2) is 3.95. The summed E-state index contributed by atoms with van der Waals surface area (Å²) in [4.78, 5) is 0. The van der Waals surface area contributed by atoms with Crippen molar-refractivity contribution in [1.82, 2.24) is 9.88 Å². The molecule has 1 atom stereocenters. The molecular formula is C14H18N2. The first-order valence-electron chi connectivity index (χ1n) is 6.14. The Kier molecular flexibility index (Phi) is 2.44. The highest BCUT2D eigenvalue weighted by molar-refractivity contribution is 5.81. The lowest BCUT2D eigenvalue weighted by Crippen LogP contribution is -2.28. The highest BCUT2D eigenvalue weighted by Gasteiger charge is 2.18. The Bertz CT molecular complexity index is 492. The van der Waals surface area contributed by atoms with Crippen LogP contribution in [0.15, 0.2) is 30.3 Å². The molecule has 1 aromatic carbocycles. The summed E-state index contributed by atoms with van der Waals surface area (Å²) in [6, 6.07) is 11.5. The Balaban J connectivity index is 2.05. The molecule has 2 aromatic rings. The molecule has 84 valence electrons. The number of para-hydroxylation sites is 1. The minimum Gasteiger partial charge on any atom is -0.346 e. The molecule has 0 radical (unpaired) electrons. The van der Waals surface area contributed by atoms with E-state index in [2.05, 4.69) is 47.3 Å². The van der Waals surface area contributed by atoms with E-state index in [1.54, 1.807) is 0 Å². The Morgan fingerprint density at radius 1 is 1.25 bits per heavy atom. The molecule has 2 heteroatoms. The largest absolute Gasteiger partial charge is 0.346 e. The van der Waals surface area contributed by atoms with Crippen LogP contribution in [0.4, 0.5) is 0 Å². The van der Waals surface area contributed by atoms with E-state index >= 15 is 0 Å². The topological polar surface area (TPSA) is 17.0 Å². The second-order valence-corrected chi connectivity index (χ2v) is 4.69. The zero-order valence-electron chi connectivity index (χ0n) is 9.74. The van der Waals surface area contributed by atoms with Crippen LogP contribution >= 0.6 is 0 Å². The predicted molar refractivity (Wildman–Crippen MR) is 67.5 cm³/mol. The summed E-state index contributed by atoms with van der Waals surface area (Å²) in [5.74, 6) is 0. The van der Waals surface area contributed by atoms with Gasteiger partial charge in [0.15, 0.2) is 0 Å². The van der Waals surface area contributed by atoms with E-state index < -0.39 is 0 Å². The van der Waals surface area contributed by atoms with Gasteiger partial charge in [0.25, 0.3) is 0 Å². The van der Waals surface area contributed by atoms with Gasteiger partial charge in [0.1, 0.15) is 0 Å². The van der Waals surface area contributed by atoms with Gasteiger partial charge in [-0.15, -0.1) is 0 Å². The van der Waals surface area contributed by atoms with Crippen molar-refractivity contribution in [1.29, 1.82) is 0 Å². The third-order valence-corrected chi connectivity index (χ3v) is 3.66. The fourth-order valence-corrected chi connectivity index (χ4v) is 2.75. The van der Waals surface area contributed by atoms with Crippen molar-refractivity contribution in [3.8, 4) is 0 Å². The van der Waals surface area contributed by atoms with Crippen molar-refractivity contribution in [2.75, 3.05) is 6.54 Å². The first-order valence-corrected chi connectivity index (χ1v) is 6.14. The summed E-state index contributed by atoms with van der Waals surface area (Å²) < 4.78 is 2.33. The molecule has 0 bridgehead atoms. The van der Waals surface area contributed by atoms with Crippen LogP contribution in [0.5, 0.6) is 0 Å². The number of benzene rings is 1. The van der Waals surface area contributed by atoms with Gasteiger partial charge in [0, 0.05) is 24.3 Å². The molecule has 1 N–H and O–H groups in total. The van der Waals surface area contributed by atoms with Crippen molar-refractivity contribution < 1.29 is 0 Å². The number of rotatable bonds is 1. The van der Waals surface area contributed by atoms with E-state index in [4.69, 9.17) is 0 Å². The Morgan fingerprint density at radius 2 is 2.12 bits per heavy atom. The van der Waals surface area contributed by atoms with Crippen LogP contribution in [0.25, 0.3) is 10.9 Å². The third kappa shape index (κ3) is 1.54. The molecule has 3 rings (SSSR count). The van der Waals surface area contributed by atoms with Crippen molar-refractivity contribution in [3.05, 3.63) is 36.0 Å². The molecular weight excluding hydrogens is 196 g/mol. The lowest BCUT2D eigenvalue weighted by Gasteiger charge is -2.24. The minimum absolute atomic E-state index is 0.547. The smallest absolute Gasteiger partial charge is 0.0480 e. The minimum atomic E-state index is 0.547. The number of nitrogens with one attached hydrogen (secondary N) is 1. The summed E-state index contributed by atoms with van der Waals surface area (Å²) in [5.41, 5.74) is 2.77. The molecule has 2 heterocycles. The number of nitrogens with zero attached hydrogens (tertiary/aromatic N) is 1. The van der Waals surface area contributed by atoms with Crippen molar-refractivity contribution in [3.63, 3.8) is 0 Å². The molecule has 0 saturated carbocycles. The number of piperidine rings is 1. The second-order valence-electron chi connectivity index (χ2n) is 4.69. The van der Waals surface area contributed by atoms with Gasteiger partial charge >= 0.3 is 0 Å². The molecule has 1 saturated heterocycles.